The maximum absolute atomic E-state index is 12.0. The van der Waals surface area contributed by atoms with Crippen molar-refractivity contribution in [1.29, 1.82) is 0 Å². The third-order valence-electron chi connectivity index (χ3n) is 6.34. The fraction of sp³-hybridized carbons (Fsp3) is 0.647. The lowest BCUT2D eigenvalue weighted by Crippen LogP contribution is -2.16. The van der Waals surface area contributed by atoms with Crippen molar-refractivity contribution in [2.75, 3.05) is 145 Å². The molecule has 0 atom stereocenters. The molecule has 0 saturated heterocycles. The fourth-order valence-corrected chi connectivity index (χ4v) is 5.63. The van der Waals surface area contributed by atoms with E-state index in [-0.39, 0.29) is 36.2 Å². The molecule has 0 aromatic heterocycles. The highest BCUT2D eigenvalue weighted by Crippen LogP contribution is 2.11. The van der Waals surface area contributed by atoms with Crippen LogP contribution in [0.2, 0.25) is 0 Å². The number of hydrogen-bond acceptors (Lipinski definition) is 16. The molecule has 16 nitrogen and oxygen atoms in total. The Morgan fingerprint density at radius 1 is 0.269 bits per heavy atom. The fourth-order valence-electron chi connectivity index (χ4n) is 3.80. The first-order valence-corrected chi connectivity index (χ1v) is 19.9. The predicted molar refractivity (Wildman–Crippen MR) is 187 cm³/mol. The zero-order chi connectivity index (χ0) is 37.3. The summed E-state index contributed by atoms with van der Waals surface area (Å²) in [6.07, 6.45) is 0. The minimum atomic E-state index is -3.77. The molecule has 0 saturated carbocycles. The van der Waals surface area contributed by atoms with E-state index in [4.69, 9.17) is 55.7 Å². The van der Waals surface area contributed by atoms with E-state index in [1.165, 1.54) is 24.3 Å². The number of rotatable bonds is 37. The molecule has 0 aliphatic carbocycles. The van der Waals surface area contributed by atoms with Gasteiger partial charge in [-0.3, -0.25) is 8.37 Å². The lowest BCUT2D eigenvalue weighted by Gasteiger charge is -2.09. The normalized spacial score (nSPS) is 12.1. The average Bonchev–Trinajstić information content (AvgIpc) is 3.15. The molecule has 2 rings (SSSR count). The lowest BCUT2D eigenvalue weighted by molar-refractivity contribution is -0.0269. The highest BCUT2D eigenvalue weighted by molar-refractivity contribution is 7.87. The molecule has 18 heteroatoms. The topological polar surface area (TPSA) is 179 Å². The van der Waals surface area contributed by atoms with Gasteiger partial charge in [0.05, 0.1) is 155 Å². The molecule has 0 unspecified atom stereocenters. The standard InChI is InChI=1S/C34H54O16S2/c35-51(36,33-7-3-1-4-8-33)49-31-29-47-27-25-45-23-21-43-19-17-41-15-13-39-11-12-40-14-16-42-18-20-44-22-24-46-26-28-48-30-32-50-52(37,38)34-9-5-2-6-10-34/h1-10H,11-32H2. The van der Waals surface area contributed by atoms with Crippen LogP contribution in [0.5, 0.6) is 0 Å². The summed E-state index contributed by atoms with van der Waals surface area (Å²) in [5, 5.41) is 0. The van der Waals surface area contributed by atoms with E-state index in [2.05, 4.69) is 0 Å². The van der Waals surface area contributed by atoms with Crippen LogP contribution in [0.4, 0.5) is 0 Å². The van der Waals surface area contributed by atoms with Gasteiger partial charge in [-0.1, -0.05) is 36.4 Å². The van der Waals surface area contributed by atoms with E-state index in [9.17, 15) is 16.8 Å². The van der Waals surface area contributed by atoms with Crippen LogP contribution in [0, 0.1) is 0 Å². The second-order valence-electron chi connectivity index (χ2n) is 10.3. The van der Waals surface area contributed by atoms with E-state index >= 15 is 0 Å². The van der Waals surface area contributed by atoms with Crippen LogP contribution < -0.4 is 0 Å². The highest BCUT2D eigenvalue weighted by atomic mass is 32.2. The monoisotopic (exact) mass is 782 g/mol. The van der Waals surface area contributed by atoms with Crippen molar-refractivity contribution < 1.29 is 72.6 Å². The molecule has 0 heterocycles. The predicted octanol–water partition coefficient (Wildman–Crippen LogP) is 1.96. The van der Waals surface area contributed by atoms with Crippen molar-refractivity contribution in [2.24, 2.45) is 0 Å². The Morgan fingerprint density at radius 2 is 0.442 bits per heavy atom. The van der Waals surface area contributed by atoms with E-state index < -0.39 is 20.2 Å². The first-order chi connectivity index (χ1) is 25.4. The minimum absolute atomic E-state index is 0.0678. The first kappa shape index (κ1) is 46.0. The van der Waals surface area contributed by atoms with E-state index in [1.54, 1.807) is 36.4 Å². The Bertz CT molecular complexity index is 1200. The number of benzene rings is 2. The van der Waals surface area contributed by atoms with Crippen LogP contribution in [-0.2, 0) is 76.0 Å². The Morgan fingerprint density at radius 3 is 0.635 bits per heavy atom. The molecule has 0 N–H and O–H groups in total. The van der Waals surface area contributed by atoms with Crippen LogP contribution in [0.25, 0.3) is 0 Å². The van der Waals surface area contributed by atoms with Crippen LogP contribution in [0.1, 0.15) is 0 Å². The Kier molecular flexibility index (Phi) is 27.6. The van der Waals surface area contributed by atoms with Gasteiger partial charge in [0, 0.05) is 0 Å². The summed E-state index contributed by atoms with van der Waals surface area (Å²) in [5.74, 6) is 0. The second-order valence-corrected chi connectivity index (χ2v) is 13.5. The molecule has 2 aromatic carbocycles. The molecule has 0 spiro atoms. The third kappa shape index (κ3) is 25.0. The zero-order valence-electron chi connectivity index (χ0n) is 29.7. The molecular weight excluding hydrogens is 728 g/mol. The van der Waals surface area contributed by atoms with Crippen LogP contribution >= 0.6 is 0 Å². The number of ether oxygens (including phenoxy) is 10. The van der Waals surface area contributed by atoms with Crippen molar-refractivity contribution in [3.05, 3.63) is 60.7 Å². The van der Waals surface area contributed by atoms with Gasteiger partial charge in [0.15, 0.2) is 0 Å². The molecule has 0 amide bonds. The second kappa shape index (κ2) is 31.2. The quantitative estimate of drug-likeness (QED) is 0.0717. The smallest absolute Gasteiger partial charge is 0.297 e. The van der Waals surface area contributed by atoms with Gasteiger partial charge < -0.3 is 47.4 Å². The number of hydrogen-bond donors (Lipinski definition) is 0. The SMILES string of the molecule is O=S(=O)(OCCOCCOCCOCCOCCOCCOCCOCCOCCOCCOCCOS(=O)(=O)c1ccccc1)c1ccccc1. The molecule has 0 aliphatic rings. The lowest BCUT2D eigenvalue weighted by atomic mass is 10.4. The van der Waals surface area contributed by atoms with Gasteiger partial charge in [0.2, 0.25) is 0 Å². The molecule has 0 bridgehead atoms. The third-order valence-corrected chi connectivity index (χ3v) is 9.00. The van der Waals surface area contributed by atoms with E-state index in [0.717, 1.165) is 0 Å². The van der Waals surface area contributed by atoms with Crippen LogP contribution in [0.15, 0.2) is 70.5 Å². The zero-order valence-corrected chi connectivity index (χ0v) is 31.3. The Labute approximate surface area is 308 Å². The first-order valence-electron chi connectivity index (χ1n) is 17.1. The largest absolute Gasteiger partial charge is 0.377 e. The summed E-state index contributed by atoms with van der Waals surface area (Å²) < 4.78 is 112. The summed E-state index contributed by atoms with van der Waals surface area (Å²) in [7, 11) is -7.53. The Hall–Kier alpha value is -2.14. The van der Waals surface area contributed by atoms with Crippen molar-refractivity contribution in [2.45, 2.75) is 9.79 Å². The van der Waals surface area contributed by atoms with Gasteiger partial charge in [-0.25, -0.2) is 0 Å². The maximum atomic E-state index is 12.0. The van der Waals surface area contributed by atoms with Crippen molar-refractivity contribution >= 4 is 20.2 Å². The minimum Gasteiger partial charge on any atom is -0.377 e. The Balaban J connectivity index is 1.18. The van der Waals surface area contributed by atoms with Gasteiger partial charge in [0.1, 0.15) is 0 Å². The van der Waals surface area contributed by atoms with Gasteiger partial charge in [0.25, 0.3) is 20.2 Å². The molecule has 0 aliphatic heterocycles. The highest BCUT2D eigenvalue weighted by Gasteiger charge is 2.14. The van der Waals surface area contributed by atoms with Gasteiger partial charge in [-0.15, -0.1) is 0 Å². The van der Waals surface area contributed by atoms with Crippen molar-refractivity contribution in [1.82, 2.24) is 0 Å². The summed E-state index contributed by atoms with van der Waals surface area (Å²) in [4.78, 5) is 0.226. The van der Waals surface area contributed by atoms with Gasteiger partial charge in [-0.2, -0.15) is 16.8 Å². The summed E-state index contributed by atoms with van der Waals surface area (Å²) in [5.41, 5.74) is 0. The van der Waals surface area contributed by atoms with Crippen molar-refractivity contribution in [3.63, 3.8) is 0 Å². The van der Waals surface area contributed by atoms with E-state index in [0.29, 0.717) is 119 Å². The van der Waals surface area contributed by atoms with E-state index in [1.807, 2.05) is 0 Å². The summed E-state index contributed by atoms with van der Waals surface area (Å²) in [6.45, 7) is 7.67. The molecule has 52 heavy (non-hydrogen) atoms. The van der Waals surface area contributed by atoms with Crippen LogP contribution in [0.3, 0.4) is 0 Å². The molecule has 0 fully saturated rings. The molecule has 298 valence electrons. The average molecular weight is 783 g/mol. The van der Waals surface area contributed by atoms with Gasteiger partial charge in [-0.05, 0) is 24.3 Å². The van der Waals surface area contributed by atoms with Gasteiger partial charge >= 0.3 is 0 Å². The summed E-state index contributed by atoms with van der Waals surface area (Å²) in [6, 6.07) is 15.9. The molecular formula is C34H54O16S2. The summed E-state index contributed by atoms with van der Waals surface area (Å²) >= 11 is 0. The van der Waals surface area contributed by atoms with Crippen LogP contribution in [-0.4, -0.2) is 162 Å². The molecule has 0 radical (unpaired) electrons. The molecule has 2 aromatic rings. The van der Waals surface area contributed by atoms with Crippen molar-refractivity contribution in [3.8, 4) is 0 Å². The maximum Gasteiger partial charge on any atom is 0.297 e.